The molecule has 0 unspecified atom stereocenters. The first-order valence-corrected chi connectivity index (χ1v) is 11.7. The number of nitrogens with zero attached hydrogens (tertiary/aromatic N) is 3. The van der Waals surface area contributed by atoms with Crippen molar-refractivity contribution < 1.29 is 0 Å². The summed E-state index contributed by atoms with van der Waals surface area (Å²) in [6, 6.07) is 24.6. The summed E-state index contributed by atoms with van der Waals surface area (Å²) >= 11 is 12.2. The van der Waals surface area contributed by atoms with Crippen LogP contribution in [-0.2, 0) is 0 Å². The van der Waals surface area contributed by atoms with Crippen molar-refractivity contribution in [3.8, 4) is 5.69 Å². The third-order valence-corrected chi connectivity index (χ3v) is 6.78. The standard InChI is InChI=1S/C27H25ClN4S/c1-17-8-6-10-21(14-17)32-26(25(30-27(32)33)24-12-4-5-13-29-24)23-15-18(2)31(19(23)3)22-11-7-9-20(28)16-22/h4-16,25-26H,1-3H3,(H,30,33)/t25-,26+/m0/s1. The van der Waals surface area contributed by atoms with Crippen LogP contribution in [0.4, 0.5) is 5.69 Å². The predicted molar refractivity (Wildman–Crippen MR) is 139 cm³/mol. The quantitative estimate of drug-likeness (QED) is 0.338. The number of benzene rings is 2. The zero-order valence-corrected chi connectivity index (χ0v) is 20.4. The number of hydrogen-bond acceptors (Lipinski definition) is 2. The molecule has 1 aliphatic heterocycles. The first-order valence-electron chi connectivity index (χ1n) is 11.0. The van der Waals surface area contributed by atoms with Crippen molar-refractivity contribution in [2.24, 2.45) is 0 Å². The van der Waals surface area contributed by atoms with E-state index in [2.05, 4.69) is 83.0 Å². The van der Waals surface area contributed by atoms with Crippen LogP contribution >= 0.6 is 23.8 Å². The van der Waals surface area contributed by atoms with Gasteiger partial charge in [0, 0.05) is 34.0 Å². The predicted octanol–water partition coefficient (Wildman–Crippen LogP) is 6.63. The van der Waals surface area contributed by atoms with Crippen LogP contribution in [0.3, 0.4) is 0 Å². The molecule has 166 valence electrons. The van der Waals surface area contributed by atoms with Gasteiger partial charge in [0.15, 0.2) is 5.11 Å². The molecule has 5 rings (SSSR count). The topological polar surface area (TPSA) is 33.1 Å². The lowest BCUT2D eigenvalue weighted by Gasteiger charge is -2.28. The van der Waals surface area contributed by atoms with E-state index in [0.717, 1.165) is 33.5 Å². The monoisotopic (exact) mass is 472 g/mol. The number of halogens is 1. The van der Waals surface area contributed by atoms with Gasteiger partial charge in [-0.15, -0.1) is 0 Å². The second kappa shape index (κ2) is 8.65. The summed E-state index contributed by atoms with van der Waals surface area (Å²) in [5.74, 6) is 0. The molecule has 6 heteroatoms. The fourth-order valence-corrected chi connectivity index (χ4v) is 5.36. The van der Waals surface area contributed by atoms with E-state index in [4.69, 9.17) is 23.8 Å². The summed E-state index contributed by atoms with van der Waals surface area (Å²) in [5, 5.41) is 4.98. The maximum atomic E-state index is 6.32. The van der Waals surface area contributed by atoms with E-state index >= 15 is 0 Å². The summed E-state index contributed by atoms with van der Waals surface area (Å²) in [6.07, 6.45) is 1.84. The molecule has 0 spiro atoms. The van der Waals surface area contributed by atoms with Crippen LogP contribution < -0.4 is 10.2 Å². The van der Waals surface area contributed by atoms with Gasteiger partial charge in [-0.3, -0.25) is 4.98 Å². The number of rotatable bonds is 4. The molecule has 0 amide bonds. The molecule has 4 nitrogen and oxygen atoms in total. The molecule has 0 radical (unpaired) electrons. The second-order valence-electron chi connectivity index (χ2n) is 8.48. The van der Waals surface area contributed by atoms with Crippen molar-refractivity contribution in [2.75, 3.05) is 4.90 Å². The number of aromatic nitrogens is 2. The Labute approximate surface area is 204 Å². The molecule has 33 heavy (non-hydrogen) atoms. The summed E-state index contributed by atoms with van der Waals surface area (Å²) in [6.45, 7) is 6.39. The van der Waals surface area contributed by atoms with E-state index in [1.165, 1.54) is 11.1 Å². The highest BCUT2D eigenvalue weighted by atomic mass is 35.5. The second-order valence-corrected chi connectivity index (χ2v) is 9.30. The maximum absolute atomic E-state index is 6.32. The number of hydrogen-bond donors (Lipinski definition) is 1. The highest BCUT2D eigenvalue weighted by Crippen LogP contribution is 2.43. The molecular formula is C27H25ClN4S. The van der Waals surface area contributed by atoms with Crippen LogP contribution in [0.2, 0.25) is 5.02 Å². The van der Waals surface area contributed by atoms with Crippen molar-refractivity contribution in [3.05, 3.63) is 112 Å². The molecule has 4 aromatic rings. The fourth-order valence-electron chi connectivity index (χ4n) is 4.83. The van der Waals surface area contributed by atoms with Gasteiger partial charge in [0.2, 0.25) is 0 Å². The van der Waals surface area contributed by atoms with E-state index in [1.54, 1.807) is 0 Å². The lowest BCUT2D eigenvalue weighted by molar-refractivity contribution is 0.565. The van der Waals surface area contributed by atoms with Crippen molar-refractivity contribution in [1.29, 1.82) is 0 Å². The van der Waals surface area contributed by atoms with Gasteiger partial charge in [-0.05, 0) is 92.6 Å². The SMILES string of the molecule is Cc1cccc(N2C(=S)N[C@@H](c3ccccn3)[C@H]2c2cc(C)n(-c3cccc(Cl)c3)c2C)c1. The van der Waals surface area contributed by atoms with E-state index in [-0.39, 0.29) is 12.1 Å². The molecule has 3 heterocycles. The fraction of sp³-hybridized carbons (Fsp3) is 0.185. The van der Waals surface area contributed by atoms with Gasteiger partial charge in [-0.25, -0.2) is 0 Å². The van der Waals surface area contributed by atoms with E-state index in [9.17, 15) is 0 Å². The summed E-state index contributed by atoms with van der Waals surface area (Å²) < 4.78 is 2.26. The third-order valence-electron chi connectivity index (χ3n) is 6.23. The minimum absolute atomic E-state index is 0.0478. The highest BCUT2D eigenvalue weighted by Gasteiger charge is 2.42. The van der Waals surface area contributed by atoms with Crippen LogP contribution in [0.15, 0.2) is 79.0 Å². The molecule has 2 aromatic heterocycles. The molecular weight excluding hydrogens is 448 g/mol. The molecule has 1 N–H and O–H groups in total. The molecule has 2 atom stereocenters. The van der Waals surface area contributed by atoms with Gasteiger partial charge in [0.25, 0.3) is 0 Å². The van der Waals surface area contributed by atoms with Gasteiger partial charge in [-0.2, -0.15) is 0 Å². The van der Waals surface area contributed by atoms with Crippen molar-refractivity contribution in [2.45, 2.75) is 32.9 Å². The lowest BCUT2D eigenvalue weighted by atomic mass is 9.96. The smallest absolute Gasteiger partial charge is 0.174 e. The van der Waals surface area contributed by atoms with Gasteiger partial charge >= 0.3 is 0 Å². The van der Waals surface area contributed by atoms with Crippen molar-refractivity contribution in [3.63, 3.8) is 0 Å². The summed E-state index contributed by atoms with van der Waals surface area (Å²) in [7, 11) is 0. The Morgan fingerprint density at radius 1 is 0.909 bits per heavy atom. The zero-order valence-electron chi connectivity index (χ0n) is 18.8. The lowest BCUT2D eigenvalue weighted by Crippen LogP contribution is -2.29. The van der Waals surface area contributed by atoms with Crippen LogP contribution in [0, 0.1) is 20.8 Å². The van der Waals surface area contributed by atoms with Crippen LogP contribution in [0.1, 0.15) is 40.3 Å². The maximum Gasteiger partial charge on any atom is 0.174 e. The molecule has 1 aliphatic rings. The Morgan fingerprint density at radius 2 is 1.70 bits per heavy atom. The van der Waals surface area contributed by atoms with Crippen molar-refractivity contribution >= 4 is 34.6 Å². The Hall–Kier alpha value is -3.15. The molecule has 2 aromatic carbocycles. The van der Waals surface area contributed by atoms with E-state index < -0.39 is 0 Å². The minimum atomic E-state index is -0.0764. The highest BCUT2D eigenvalue weighted by molar-refractivity contribution is 7.80. The number of thiocarbonyl (C=S) groups is 1. The molecule has 1 fully saturated rings. The first kappa shape index (κ1) is 21.7. The number of nitrogens with one attached hydrogen (secondary N) is 1. The molecule has 0 saturated carbocycles. The van der Waals surface area contributed by atoms with Gasteiger partial charge in [0.05, 0.1) is 17.8 Å². The van der Waals surface area contributed by atoms with Crippen molar-refractivity contribution in [1.82, 2.24) is 14.9 Å². The number of aryl methyl sites for hydroxylation is 2. The average Bonchev–Trinajstić information content (AvgIpc) is 3.29. The Balaban J connectivity index is 1.69. The van der Waals surface area contributed by atoms with Gasteiger partial charge in [-0.1, -0.05) is 35.9 Å². The molecule has 0 bridgehead atoms. The number of anilines is 1. The molecule has 0 aliphatic carbocycles. The first-order chi connectivity index (χ1) is 15.9. The Kier molecular flexibility index (Phi) is 5.69. The van der Waals surface area contributed by atoms with Crippen LogP contribution in [-0.4, -0.2) is 14.7 Å². The van der Waals surface area contributed by atoms with E-state index in [1.807, 2.05) is 36.5 Å². The Bertz CT molecular complexity index is 1330. The van der Waals surface area contributed by atoms with Gasteiger partial charge in [0.1, 0.15) is 0 Å². The summed E-state index contributed by atoms with van der Waals surface area (Å²) in [5.41, 5.74) is 7.79. The largest absolute Gasteiger partial charge is 0.351 e. The van der Waals surface area contributed by atoms with E-state index in [0.29, 0.717) is 5.11 Å². The van der Waals surface area contributed by atoms with Gasteiger partial charge < -0.3 is 14.8 Å². The average molecular weight is 473 g/mol. The molecule has 1 saturated heterocycles. The van der Waals surface area contributed by atoms with Crippen LogP contribution in [0.5, 0.6) is 0 Å². The summed E-state index contributed by atoms with van der Waals surface area (Å²) in [4.78, 5) is 6.90. The van der Waals surface area contributed by atoms with Crippen LogP contribution in [0.25, 0.3) is 5.69 Å². The minimum Gasteiger partial charge on any atom is -0.351 e. The normalized spacial score (nSPS) is 17.9. The third kappa shape index (κ3) is 3.92. The Morgan fingerprint density at radius 3 is 2.42 bits per heavy atom. The number of pyridine rings is 1. The zero-order chi connectivity index (χ0) is 23.1.